The topological polar surface area (TPSA) is 47.3 Å². The molecule has 92 valence electrons. The van der Waals surface area contributed by atoms with Gasteiger partial charge in [-0.15, -0.1) is 0 Å². The summed E-state index contributed by atoms with van der Waals surface area (Å²) in [5.74, 6) is -0.518. The first-order valence-corrected chi connectivity index (χ1v) is 5.56. The van der Waals surface area contributed by atoms with E-state index in [9.17, 15) is 9.50 Å². The van der Waals surface area contributed by atoms with Gasteiger partial charge in [0, 0.05) is 6.54 Å². The molecule has 0 amide bonds. The van der Waals surface area contributed by atoms with Crippen molar-refractivity contribution in [2.75, 3.05) is 11.4 Å². The van der Waals surface area contributed by atoms with E-state index in [4.69, 9.17) is 16.9 Å². The lowest BCUT2D eigenvalue weighted by molar-refractivity contribution is 0.0737. The SMILES string of the molecule is CC(C)(O)CCN(C#N)c1ccc(F)c(Cl)c1. The van der Waals surface area contributed by atoms with E-state index in [1.807, 2.05) is 6.19 Å². The van der Waals surface area contributed by atoms with E-state index in [1.165, 1.54) is 23.1 Å². The van der Waals surface area contributed by atoms with Crippen LogP contribution in [0.25, 0.3) is 0 Å². The smallest absolute Gasteiger partial charge is 0.184 e. The van der Waals surface area contributed by atoms with Crippen molar-refractivity contribution in [3.8, 4) is 6.19 Å². The number of halogens is 2. The maximum atomic E-state index is 13.0. The van der Waals surface area contributed by atoms with Gasteiger partial charge in [0.2, 0.25) is 0 Å². The van der Waals surface area contributed by atoms with Crippen molar-refractivity contribution in [3.05, 3.63) is 29.0 Å². The minimum absolute atomic E-state index is 0.0222. The fraction of sp³-hybridized carbons (Fsp3) is 0.417. The predicted molar refractivity (Wildman–Crippen MR) is 65.3 cm³/mol. The molecule has 3 nitrogen and oxygen atoms in total. The highest BCUT2D eigenvalue weighted by atomic mass is 35.5. The Bertz CT molecular complexity index is 437. The van der Waals surface area contributed by atoms with Crippen LogP contribution in [0.2, 0.25) is 5.02 Å². The van der Waals surface area contributed by atoms with Crippen molar-refractivity contribution in [1.82, 2.24) is 0 Å². The van der Waals surface area contributed by atoms with Crippen LogP contribution >= 0.6 is 11.6 Å². The van der Waals surface area contributed by atoms with Crippen molar-refractivity contribution in [2.45, 2.75) is 25.9 Å². The molecule has 0 radical (unpaired) electrons. The third-order valence-corrected chi connectivity index (χ3v) is 2.57. The Kier molecular flexibility index (Phi) is 4.33. The minimum atomic E-state index is -0.848. The number of benzene rings is 1. The Morgan fingerprint density at radius 3 is 2.65 bits per heavy atom. The molecule has 1 aromatic carbocycles. The Hall–Kier alpha value is -1.31. The van der Waals surface area contributed by atoms with E-state index in [0.29, 0.717) is 18.7 Å². The quantitative estimate of drug-likeness (QED) is 0.666. The number of nitriles is 1. The maximum absolute atomic E-state index is 13.0. The summed E-state index contributed by atoms with van der Waals surface area (Å²) in [7, 11) is 0. The van der Waals surface area contributed by atoms with E-state index >= 15 is 0 Å². The van der Waals surface area contributed by atoms with Crippen LogP contribution in [0, 0.1) is 17.3 Å². The molecule has 0 atom stereocenters. The number of aliphatic hydroxyl groups is 1. The lowest BCUT2D eigenvalue weighted by Crippen LogP contribution is -2.27. The molecule has 0 fully saturated rings. The van der Waals surface area contributed by atoms with Crippen LogP contribution in [0.15, 0.2) is 18.2 Å². The summed E-state index contributed by atoms with van der Waals surface area (Å²) in [5, 5.41) is 18.6. The first-order valence-electron chi connectivity index (χ1n) is 5.18. The van der Waals surface area contributed by atoms with Gasteiger partial charge in [0.05, 0.1) is 16.3 Å². The summed E-state index contributed by atoms with van der Waals surface area (Å²) in [6.07, 6.45) is 2.40. The van der Waals surface area contributed by atoms with Crippen LogP contribution in [-0.2, 0) is 0 Å². The second-order valence-electron chi connectivity index (χ2n) is 4.41. The summed E-state index contributed by atoms with van der Waals surface area (Å²) in [4.78, 5) is 1.36. The monoisotopic (exact) mass is 256 g/mol. The molecule has 1 rings (SSSR count). The number of rotatable bonds is 4. The second-order valence-corrected chi connectivity index (χ2v) is 4.82. The van der Waals surface area contributed by atoms with Gasteiger partial charge in [0.15, 0.2) is 6.19 Å². The molecule has 0 unspecified atom stereocenters. The molecule has 0 spiro atoms. The van der Waals surface area contributed by atoms with Crippen LogP contribution < -0.4 is 4.90 Å². The lowest BCUT2D eigenvalue weighted by atomic mass is 10.1. The molecule has 0 heterocycles. The molecule has 0 saturated heterocycles. The highest BCUT2D eigenvalue weighted by molar-refractivity contribution is 6.31. The fourth-order valence-corrected chi connectivity index (χ4v) is 1.45. The average molecular weight is 257 g/mol. The van der Waals surface area contributed by atoms with Gasteiger partial charge in [-0.2, -0.15) is 5.26 Å². The molecule has 1 aromatic rings. The highest BCUT2D eigenvalue weighted by Crippen LogP contribution is 2.23. The molecular formula is C12H14ClFN2O. The molecule has 0 aliphatic rings. The van der Waals surface area contributed by atoms with E-state index in [2.05, 4.69) is 0 Å². The van der Waals surface area contributed by atoms with Gasteiger partial charge in [-0.05, 0) is 38.5 Å². The largest absolute Gasteiger partial charge is 0.390 e. The molecule has 1 N–H and O–H groups in total. The van der Waals surface area contributed by atoms with Crippen molar-refractivity contribution < 1.29 is 9.50 Å². The number of nitrogens with zero attached hydrogens (tertiary/aromatic N) is 2. The van der Waals surface area contributed by atoms with E-state index < -0.39 is 11.4 Å². The summed E-state index contributed by atoms with van der Waals surface area (Å²) < 4.78 is 13.0. The zero-order valence-corrected chi connectivity index (χ0v) is 10.5. The van der Waals surface area contributed by atoms with Crippen LogP contribution in [0.4, 0.5) is 10.1 Å². The van der Waals surface area contributed by atoms with Crippen molar-refractivity contribution in [3.63, 3.8) is 0 Å². The molecule has 0 aliphatic heterocycles. The number of hydrogen-bond donors (Lipinski definition) is 1. The second kappa shape index (κ2) is 5.35. The Balaban J connectivity index is 2.81. The Labute approximate surface area is 105 Å². The summed E-state index contributed by atoms with van der Waals surface area (Å²) in [6.45, 7) is 3.68. The van der Waals surface area contributed by atoms with Gasteiger partial charge in [-0.3, -0.25) is 4.90 Å². The molecule has 0 bridgehead atoms. The zero-order chi connectivity index (χ0) is 13.1. The minimum Gasteiger partial charge on any atom is -0.390 e. The highest BCUT2D eigenvalue weighted by Gasteiger charge is 2.16. The van der Waals surface area contributed by atoms with Crippen LogP contribution in [0.1, 0.15) is 20.3 Å². The summed E-state index contributed by atoms with van der Waals surface area (Å²) in [5.41, 5.74) is -0.331. The molecule has 0 aromatic heterocycles. The van der Waals surface area contributed by atoms with Crippen molar-refractivity contribution >= 4 is 17.3 Å². The Morgan fingerprint density at radius 1 is 1.53 bits per heavy atom. The Morgan fingerprint density at radius 2 is 2.18 bits per heavy atom. The molecule has 0 saturated carbocycles. The first kappa shape index (κ1) is 13.8. The summed E-state index contributed by atoms with van der Waals surface area (Å²) >= 11 is 5.64. The number of hydrogen-bond acceptors (Lipinski definition) is 3. The van der Waals surface area contributed by atoms with Gasteiger partial charge in [-0.1, -0.05) is 11.6 Å². The molecule has 0 aliphatic carbocycles. The van der Waals surface area contributed by atoms with Gasteiger partial charge < -0.3 is 5.11 Å². The predicted octanol–water partition coefficient (Wildman–Crippen LogP) is 2.93. The molecule has 5 heteroatoms. The third kappa shape index (κ3) is 4.22. The summed E-state index contributed by atoms with van der Waals surface area (Å²) in [6, 6.07) is 4.09. The van der Waals surface area contributed by atoms with Gasteiger partial charge in [-0.25, -0.2) is 4.39 Å². The van der Waals surface area contributed by atoms with E-state index in [1.54, 1.807) is 13.8 Å². The lowest BCUT2D eigenvalue weighted by Gasteiger charge is -2.22. The standard InChI is InChI=1S/C12H14ClFN2O/c1-12(2,17)5-6-16(8-15)9-3-4-11(14)10(13)7-9/h3-4,7,17H,5-6H2,1-2H3. The van der Waals surface area contributed by atoms with Crippen LogP contribution in [-0.4, -0.2) is 17.3 Å². The van der Waals surface area contributed by atoms with Crippen molar-refractivity contribution in [1.29, 1.82) is 5.26 Å². The number of anilines is 1. The third-order valence-electron chi connectivity index (χ3n) is 2.28. The fourth-order valence-electron chi connectivity index (χ4n) is 1.28. The molecular weight excluding hydrogens is 243 g/mol. The van der Waals surface area contributed by atoms with Crippen molar-refractivity contribution in [2.24, 2.45) is 0 Å². The van der Waals surface area contributed by atoms with Crippen LogP contribution in [0.5, 0.6) is 0 Å². The normalized spacial score (nSPS) is 11.1. The van der Waals surface area contributed by atoms with Gasteiger partial charge in [0.1, 0.15) is 5.82 Å². The van der Waals surface area contributed by atoms with Gasteiger partial charge >= 0.3 is 0 Å². The first-order chi connectivity index (χ1) is 7.83. The van der Waals surface area contributed by atoms with E-state index in [-0.39, 0.29) is 5.02 Å². The molecule has 17 heavy (non-hydrogen) atoms. The van der Waals surface area contributed by atoms with Crippen LogP contribution in [0.3, 0.4) is 0 Å². The van der Waals surface area contributed by atoms with E-state index in [0.717, 1.165) is 0 Å². The average Bonchev–Trinajstić information content (AvgIpc) is 2.22. The van der Waals surface area contributed by atoms with Gasteiger partial charge in [0.25, 0.3) is 0 Å². The maximum Gasteiger partial charge on any atom is 0.184 e. The zero-order valence-electron chi connectivity index (χ0n) is 9.74.